The van der Waals surface area contributed by atoms with Gasteiger partial charge in [0.25, 0.3) is 5.91 Å². The van der Waals surface area contributed by atoms with E-state index >= 15 is 0 Å². The van der Waals surface area contributed by atoms with Crippen LogP contribution in [0, 0.1) is 6.92 Å². The number of amides is 1. The zero-order valence-corrected chi connectivity index (χ0v) is 17.4. The zero-order valence-electron chi connectivity index (χ0n) is 15.8. The lowest BCUT2D eigenvalue weighted by Crippen LogP contribution is -2.53. The molecule has 3 rings (SSSR count). The largest absolute Gasteiger partial charge is 0.479 e. The Morgan fingerprint density at radius 3 is 2.25 bits per heavy atom. The molecule has 1 aliphatic rings. The van der Waals surface area contributed by atoms with Gasteiger partial charge < -0.3 is 9.64 Å². The van der Waals surface area contributed by atoms with Crippen LogP contribution < -0.4 is 4.74 Å². The van der Waals surface area contributed by atoms with Crippen molar-refractivity contribution < 1.29 is 17.9 Å². The van der Waals surface area contributed by atoms with Crippen molar-refractivity contribution in [3.63, 3.8) is 0 Å². The van der Waals surface area contributed by atoms with Gasteiger partial charge >= 0.3 is 0 Å². The fourth-order valence-corrected chi connectivity index (χ4v) is 4.65. The number of sulfonamides is 1. The number of carbonyl (C=O) groups excluding carboxylic acids is 1. The number of para-hydroxylation sites is 1. The van der Waals surface area contributed by atoms with Gasteiger partial charge in [0.15, 0.2) is 6.10 Å². The van der Waals surface area contributed by atoms with Gasteiger partial charge in [-0.3, -0.25) is 4.79 Å². The van der Waals surface area contributed by atoms with Crippen molar-refractivity contribution in [3.8, 4) is 5.75 Å². The second kappa shape index (κ2) is 8.51. The molecule has 1 aliphatic heterocycles. The van der Waals surface area contributed by atoms with Crippen LogP contribution >= 0.6 is 11.6 Å². The van der Waals surface area contributed by atoms with Crippen LogP contribution in [0.3, 0.4) is 0 Å². The van der Waals surface area contributed by atoms with E-state index in [2.05, 4.69) is 0 Å². The molecule has 28 heavy (non-hydrogen) atoms. The Morgan fingerprint density at radius 1 is 1.04 bits per heavy atom. The highest BCUT2D eigenvalue weighted by molar-refractivity contribution is 7.89. The molecule has 0 aliphatic carbocycles. The smallest absolute Gasteiger partial charge is 0.263 e. The second-order valence-electron chi connectivity index (χ2n) is 6.73. The molecule has 0 N–H and O–H groups in total. The van der Waals surface area contributed by atoms with Crippen LogP contribution in [-0.4, -0.2) is 55.8 Å². The van der Waals surface area contributed by atoms with Crippen molar-refractivity contribution in [1.29, 1.82) is 0 Å². The average Bonchev–Trinajstić information content (AvgIpc) is 2.69. The van der Waals surface area contributed by atoms with Gasteiger partial charge in [0, 0.05) is 26.2 Å². The fourth-order valence-electron chi connectivity index (χ4n) is 3.05. The van der Waals surface area contributed by atoms with Crippen molar-refractivity contribution in [3.05, 3.63) is 59.1 Å². The SMILES string of the molecule is Cc1ccc(S(=O)(=O)N2CCN(C(=O)[C@@H](C)Oc3ccccc3Cl)CC2)cc1. The Bertz CT molecular complexity index is 939. The Morgan fingerprint density at radius 2 is 1.64 bits per heavy atom. The summed E-state index contributed by atoms with van der Waals surface area (Å²) in [4.78, 5) is 14.6. The third kappa shape index (κ3) is 4.48. The summed E-state index contributed by atoms with van der Waals surface area (Å²) in [6.07, 6.45) is -0.708. The molecule has 2 aromatic carbocycles. The van der Waals surface area contributed by atoms with Crippen LogP contribution in [-0.2, 0) is 14.8 Å². The number of halogens is 1. The van der Waals surface area contributed by atoms with Gasteiger partial charge in [-0.15, -0.1) is 0 Å². The van der Waals surface area contributed by atoms with Crippen molar-refractivity contribution in [2.75, 3.05) is 26.2 Å². The fraction of sp³-hybridized carbons (Fsp3) is 0.350. The minimum absolute atomic E-state index is 0.188. The lowest BCUT2D eigenvalue weighted by atomic mass is 10.2. The highest BCUT2D eigenvalue weighted by Gasteiger charge is 2.32. The van der Waals surface area contributed by atoms with E-state index in [4.69, 9.17) is 16.3 Å². The summed E-state index contributed by atoms with van der Waals surface area (Å²) in [5, 5.41) is 0.441. The first-order valence-corrected chi connectivity index (χ1v) is 10.9. The van der Waals surface area contributed by atoms with Gasteiger partial charge in [0.2, 0.25) is 10.0 Å². The number of nitrogens with zero attached hydrogens (tertiary/aromatic N) is 2. The van der Waals surface area contributed by atoms with Crippen LogP contribution in [0.25, 0.3) is 0 Å². The van der Waals surface area contributed by atoms with Crippen LogP contribution in [0.1, 0.15) is 12.5 Å². The van der Waals surface area contributed by atoms with Crippen molar-refractivity contribution in [2.24, 2.45) is 0 Å². The molecule has 0 spiro atoms. The van der Waals surface area contributed by atoms with E-state index in [1.807, 2.05) is 6.92 Å². The summed E-state index contributed by atoms with van der Waals surface area (Å²) in [6, 6.07) is 13.8. The molecule has 1 saturated heterocycles. The normalized spacial score (nSPS) is 16.6. The summed E-state index contributed by atoms with van der Waals surface area (Å²) in [7, 11) is -3.56. The summed E-state index contributed by atoms with van der Waals surface area (Å²) in [6.45, 7) is 4.72. The van der Waals surface area contributed by atoms with Crippen molar-refractivity contribution >= 4 is 27.5 Å². The molecule has 1 atom stereocenters. The first-order valence-electron chi connectivity index (χ1n) is 9.06. The first kappa shape index (κ1) is 20.6. The molecule has 0 saturated carbocycles. The molecular formula is C20H23ClN2O4S. The van der Waals surface area contributed by atoms with Crippen LogP contribution in [0.2, 0.25) is 5.02 Å². The Kier molecular flexibility index (Phi) is 6.27. The number of hydrogen-bond acceptors (Lipinski definition) is 4. The highest BCUT2D eigenvalue weighted by Crippen LogP contribution is 2.25. The topological polar surface area (TPSA) is 66.9 Å². The minimum atomic E-state index is -3.56. The lowest BCUT2D eigenvalue weighted by Gasteiger charge is -2.35. The zero-order chi connectivity index (χ0) is 20.3. The minimum Gasteiger partial charge on any atom is -0.479 e. The predicted octanol–water partition coefficient (Wildman–Crippen LogP) is 2.95. The summed E-state index contributed by atoms with van der Waals surface area (Å²) in [5.41, 5.74) is 1.00. The van der Waals surface area contributed by atoms with Gasteiger partial charge in [-0.2, -0.15) is 4.31 Å². The maximum absolute atomic E-state index is 12.8. The van der Waals surface area contributed by atoms with Gasteiger partial charge in [-0.25, -0.2) is 8.42 Å². The maximum Gasteiger partial charge on any atom is 0.263 e. The molecular weight excluding hydrogens is 400 g/mol. The molecule has 0 radical (unpaired) electrons. The third-order valence-corrected chi connectivity index (χ3v) is 6.92. The van der Waals surface area contributed by atoms with Crippen LogP contribution in [0.4, 0.5) is 0 Å². The molecule has 8 heteroatoms. The number of aryl methyl sites for hydroxylation is 1. The van der Waals surface area contributed by atoms with E-state index in [1.54, 1.807) is 60.4 Å². The number of benzene rings is 2. The number of piperazine rings is 1. The molecule has 1 amide bonds. The van der Waals surface area contributed by atoms with E-state index in [-0.39, 0.29) is 23.9 Å². The molecule has 0 unspecified atom stereocenters. The Balaban J connectivity index is 1.60. The molecule has 0 bridgehead atoms. The number of rotatable bonds is 5. The lowest BCUT2D eigenvalue weighted by molar-refractivity contribution is -0.139. The van der Waals surface area contributed by atoms with E-state index < -0.39 is 16.1 Å². The Labute approximate surface area is 170 Å². The van der Waals surface area contributed by atoms with Gasteiger partial charge in [0.05, 0.1) is 9.92 Å². The van der Waals surface area contributed by atoms with Crippen molar-refractivity contribution in [2.45, 2.75) is 24.8 Å². The molecule has 150 valence electrons. The van der Waals surface area contributed by atoms with Crippen molar-refractivity contribution in [1.82, 2.24) is 9.21 Å². The quantitative estimate of drug-likeness (QED) is 0.743. The number of ether oxygens (including phenoxy) is 1. The molecule has 6 nitrogen and oxygen atoms in total. The van der Waals surface area contributed by atoms with Crippen LogP contribution in [0.15, 0.2) is 53.4 Å². The summed E-state index contributed by atoms with van der Waals surface area (Å²) >= 11 is 6.07. The molecule has 1 fully saturated rings. The van der Waals surface area contributed by atoms with Crippen LogP contribution in [0.5, 0.6) is 5.75 Å². The Hall–Kier alpha value is -2.09. The average molecular weight is 423 g/mol. The summed E-state index contributed by atoms with van der Waals surface area (Å²) in [5.74, 6) is 0.262. The highest BCUT2D eigenvalue weighted by atomic mass is 35.5. The van der Waals surface area contributed by atoms with E-state index in [0.29, 0.717) is 23.9 Å². The van der Waals surface area contributed by atoms with E-state index in [0.717, 1.165) is 5.56 Å². The molecule has 0 aromatic heterocycles. The van der Waals surface area contributed by atoms with Gasteiger partial charge in [-0.05, 0) is 38.1 Å². The van der Waals surface area contributed by atoms with E-state index in [9.17, 15) is 13.2 Å². The monoisotopic (exact) mass is 422 g/mol. The third-order valence-electron chi connectivity index (χ3n) is 4.70. The second-order valence-corrected chi connectivity index (χ2v) is 9.08. The predicted molar refractivity (Wildman–Crippen MR) is 108 cm³/mol. The molecule has 2 aromatic rings. The van der Waals surface area contributed by atoms with Gasteiger partial charge in [-0.1, -0.05) is 41.4 Å². The standard InChI is InChI=1S/C20H23ClN2O4S/c1-15-7-9-17(10-8-15)28(25,26)23-13-11-22(12-14-23)20(24)16(2)27-19-6-4-3-5-18(19)21/h3-10,16H,11-14H2,1-2H3/t16-/m1/s1. The number of hydrogen-bond donors (Lipinski definition) is 0. The molecule has 1 heterocycles. The van der Waals surface area contributed by atoms with E-state index in [1.165, 1.54) is 4.31 Å². The van der Waals surface area contributed by atoms with Gasteiger partial charge in [0.1, 0.15) is 5.75 Å². The first-order chi connectivity index (χ1) is 13.3. The summed E-state index contributed by atoms with van der Waals surface area (Å²) < 4.78 is 32.6. The number of carbonyl (C=O) groups is 1. The maximum atomic E-state index is 12.8.